The molecule has 0 bridgehead atoms. The molecular formula is C12H19NO5. The maximum Gasteiger partial charge on any atom is 0.326 e. The summed E-state index contributed by atoms with van der Waals surface area (Å²) >= 11 is 0. The van der Waals surface area contributed by atoms with Crippen LogP contribution < -0.4 is 5.32 Å². The van der Waals surface area contributed by atoms with Gasteiger partial charge in [-0.2, -0.15) is 0 Å². The van der Waals surface area contributed by atoms with Crippen LogP contribution in [0.15, 0.2) is 12.2 Å². The molecule has 0 aliphatic carbocycles. The third-order valence-electron chi connectivity index (χ3n) is 2.24. The zero-order valence-corrected chi connectivity index (χ0v) is 10.4. The van der Waals surface area contributed by atoms with Gasteiger partial charge in [-0.1, -0.05) is 25.8 Å². The first-order valence-electron chi connectivity index (χ1n) is 5.89. The molecule has 0 rings (SSSR count). The van der Waals surface area contributed by atoms with Gasteiger partial charge in [0.15, 0.2) is 0 Å². The van der Waals surface area contributed by atoms with Crippen molar-refractivity contribution in [3.8, 4) is 0 Å². The van der Waals surface area contributed by atoms with Crippen LogP contribution in [0.5, 0.6) is 0 Å². The van der Waals surface area contributed by atoms with E-state index in [9.17, 15) is 14.4 Å². The largest absolute Gasteiger partial charge is 0.481 e. The highest BCUT2D eigenvalue weighted by molar-refractivity contribution is 5.92. The number of carboxylic acids is 2. The van der Waals surface area contributed by atoms with E-state index < -0.39 is 30.3 Å². The molecule has 18 heavy (non-hydrogen) atoms. The van der Waals surface area contributed by atoms with Crippen molar-refractivity contribution in [3.05, 3.63) is 12.2 Å². The average molecular weight is 257 g/mol. The lowest BCUT2D eigenvalue weighted by atomic mass is 10.2. The number of aliphatic carboxylic acids is 2. The number of hydrogen-bond donors (Lipinski definition) is 3. The van der Waals surface area contributed by atoms with Crippen LogP contribution >= 0.6 is 0 Å². The Labute approximate surface area is 106 Å². The van der Waals surface area contributed by atoms with Gasteiger partial charge in [-0.15, -0.1) is 0 Å². The molecule has 102 valence electrons. The Morgan fingerprint density at radius 3 is 2.39 bits per heavy atom. The molecule has 0 spiro atoms. The van der Waals surface area contributed by atoms with Crippen LogP contribution in [-0.2, 0) is 14.4 Å². The Morgan fingerprint density at radius 2 is 1.89 bits per heavy atom. The van der Waals surface area contributed by atoms with Gasteiger partial charge in [-0.25, -0.2) is 4.79 Å². The molecule has 0 aliphatic rings. The zero-order valence-electron chi connectivity index (χ0n) is 10.4. The quantitative estimate of drug-likeness (QED) is 0.425. The number of carboxylic acid groups (broad SMARTS) is 2. The fourth-order valence-electron chi connectivity index (χ4n) is 1.30. The SMILES string of the molecule is CCCCCC=CC(=O)N[C@@H](CC(=O)O)C(=O)O. The van der Waals surface area contributed by atoms with Gasteiger partial charge in [0.1, 0.15) is 6.04 Å². The average Bonchev–Trinajstić information content (AvgIpc) is 2.27. The van der Waals surface area contributed by atoms with Gasteiger partial charge in [0.05, 0.1) is 6.42 Å². The van der Waals surface area contributed by atoms with Gasteiger partial charge in [0, 0.05) is 0 Å². The number of carbonyl (C=O) groups is 3. The van der Waals surface area contributed by atoms with E-state index in [4.69, 9.17) is 10.2 Å². The first-order valence-corrected chi connectivity index (χ1v) is 5.89. The third-order valence-corrected chi connectivity index (χ3v) is 2.24. The summed E-state index contributed by atoms with van der Waals surface area (Å²) < 4.78 is 0. The summed E-state index contributed by atoms with van der Waals surface area (Å²) in [6.07, 6.45) is 6.14. The molecule has 0 saturated carbocycles. The second kappa shape index (κ2) is 9.21. The Bertz CT molecular complexity index is 324. The Morgan fingerprint density at radius 1 is 1.22 bits per heavy atom. The van der Waals surface area contributed by atoms with Gasteiger partial charge >= 0.3 is 11.9 Å². The van der Waals surface area contributed by atoms with Gasteiger partial charge in [0.2, 0.25) is 5.91 Å². The summed E-state index contributed by atoms with van der Waals surface area (Å²) in [6, 6.07) is -1.39. The second-order valence-electron chi connectivity index (χ2n) is 3.90. The molecular weight excluding hydrogens is 238 g/mol. The maximum atomic E-state index is 11.3. The molecule has 1 atom stereocenters. The van der Waals surface area contributed by atoms with Crippen molar-refractivity contribution in [3.63, 3.8) is 0 Å². The van der Waals surface area contributed by atoms with Crippen molar-refractivity contribution in [2.24, 2.45) is 0 Å². The van der Waals surface area contributed by atoms with Crippen molar-refractivity contribution in [2.45, 2.75) is 45.1 Å². The highest BCUT2D eigenvalue weighted by atomic mass is 16.4. The normalized spacial score (nSPS) is 12.3. The van der Waals surface area contributed by atoms with E-state index in [1.165, 1.54) is 6.08 Å². The molecule has 0 unspecified atom stereocenters. The predicted octanol–water partition coefficient (Wildman–Crippen LogP) is 1.17. The lowest BCUT2D eigenvalue weighted by Gasteiger charge is -2.10. The molecule has 0 saturated heterocycles. The van der Waals surface area contributed by atoms with Gasteiger partial charge in [-0.05, 0) is 18.9 Å². The van der Waals surface area contributed by atoms with Crippen LogP contribution in [-0.4, -0.2) is 34.1 Å². The number of allylic oxidation sites excluding steroid dienone is 1. The van der Waals surface area contributed by atoms with Gasteiger partial charge < -0.3 is 15.5 Å². The van der Waals surface area contributed by atoms with Crippen LogP contribution in [0.25, 0.3) is 0 Å². The summed E-state index contributed by atoms with van der Waals surface area (Å²) in [4.78, 5) is 32.4. The summed E-state index contributed by atoms with van der Waals surface area (Å²) in [5.74, 6) is -3.21. The molecule has 0 radical (unpaired) electrons. The van der Waals surface area contributed by atoms with E-state index in [2.05, 4.69) is 12.2 Å². The first kappa shape index (κ1) is 16.1. The van der Waals surface area contributed by atoms with E-state index in [-0.39, 0.29) is 0 Å². The molecule has 0 aromatic heterocycles. The number of nitrogens with one attached hydrogen (secondary N) is 1. The maximum absolute atomic E-state index is 11.3. The molecule has 3 N–H and O–H groups in total. The molecule has 6 heteroatoms. The van der Waals surface area contributed by atoms with E-state index in [0.717, 1.165) is 25.7 Å². The van der Waals surface area contributed by atoms with Crippen molar-refractivity contribution in [2.75, 3.05) is 0 Å². The number of carbonyl (C=O) groups excluding carboxylic acids is 1. The fourth-order valence-corrected chi connectivity index (χ4v) is 1.30. The van der Waals surface area contributed by atoms with Crippen LogP contribution in [0.4, 0.5) is 0 Å². The van der Waals surface area contributed by atoms with E-state index >= 15 is 0 Å². The topological polar surface area (TPSA) is 104 Å². The predicted molar refractivity (Wildman–Crippen MR) is 65.1 cm³/mol. The van der Waals surface area contributed by atoms with Crippen LogP contribution in [0, 0.1) is 0 Å². The summed E-state index contributed by atoms with van der Waals surface area (Å²) in [7, 11) is 0. The Hall–Kier alpha value is -1.85. The van der Waals surface area contributed by atoms with E-state index in [1.807, 2.05) is 0 Å². The van der Waals surface area contributed by atoms with Gasteiger partial charge in [-0.3, -0.25) is 9.59 Å². The number of amides is 1. The van der Waals surface area contributed by atoms with Crippen molar-refractivity contribution in [1.82, 2.24) is 5.32 Å². The van der Waals surface area contributed by atoms with Crippen LogP contribution in [0.3, 0.4) is 0 Å². The summed E-state index contributed by atoms with van der Waals surface area (Å²) in [5.41, 5.74) is 0. The smallest absolute Gasteiger partial charge is 0.326 e. The highest BCUT2D eigenvalue weighted by Crippen LogP contribution is 1.99. The summed E-state index contributed by atoms with van der Waals surface area (Å²) in [5, 5.41) is 19.3. The first-order chi connectivity index (χ1) is 8.47. The van der Waals surface area contributed by atoms with Crippen molar-refractivity contribution >= 4 is 17.8 Å². The lowest BCUT2D eigenvalue weighted by Crippen LogP contribution is -2.41. The van der Waals surface area contributed by atoms with Crippen molar-refractivity contribution < 1.29 is 24.6 Å². The second-order valence-corrected chi connectivity index (χ2v) is 3.90. The summed E-state index contributed by atoms with van der Waals surface area (Å²) in [6.45, 7) is 2.07. The highest BCUT2D eigenvalue weighted by Gasteiger charge is 2.21. The molecule has 0 aromatic rings. The molecule has 0 aliphatic heterocycles. The molecule has 1 amide bonds. The van der Waals surface area contributed by atoms with Gasteiger partial charge in [0.25, 0.3) is 0 Å². The molecule has 0 aromatic carbocycles. The van der Waals surface area contributed by atoms with E-state index in [1.54, 1.807) is 6.08 Å². The van der Waals surface area contributed by atoms with Crippen LogP contribution in [0.1, 0.15) is 39.0 Å². The molecule has 0 heterocycles. The Kier molecular flexibility index (Phi) is 8.26. The number of hydrogen-bond acceptors (Lipinski definition) is 3. The fraction of sp³-hybridized carbons (Fsp3) is 0.583. The monoisotopic (exact) mass is 257 g/mol. The molecule has 0 fully saturated rings. The lowest BCUT2D eigenvalue weighted by molar-refractivity contribution is -0.146. The third kappa shape index (κ3) is 8.32. The zero-order chi connectivity index (χ0) is 14.0. The van der Waals surface area contributed by atoms with Crippen LogP contribution in [0.2, 0.25) is 0 Å². The number of rotatable bonds is 9. The van der Waals surface area contributed by atoms with E-state index in [0.29, 0.717) is 0 Å². The number of unbranched alkanes of at least 4 members (excludes halogenated alkanes) is 3. The molecule has 6 nitrogen and oxygen atoms in total. The van der Waals surface area contributed by atoms with Crippen molar-refractivity contribution in [1.29, 1.82) is 0 Å². The standard InChI is InChI=1S/C12H19NO5/c1-2-3-4-5-6-7-10(14)13-9(12(17)18)8-11(15)16/h6-7,9H,2-5,8H2,1H3,(H,13,14)(H,15,16)(H,17,18)/t9-/m0/s1. The minimum absolute atomic E-state index is 0.583. The Balaban J connectivity index is 4.09. The minimum Gasteiger partial charge on any atom is -0.481 e. The minimum atomic E-state index is -1.39.